The van der Waals surface area contributed by atoms with Gasteiger partial charge in [-0.15, -0.1) is 5.06 Å². The van der Waals surface area contributed by atoms with Crippen LogP contribution in [0.3, 0.4) is 0 Å². The summed E-state index contributed by atoms with van der Waals surface area (Å²) in [6.07, 6.45) is 0. The van der Waals surface area contributed by atoms with Gasteiger partial charge in [-0.1, -0.05) is 46.3 Å². The Balaban J connectivity index is 1.48. The molecule has 0 aromatic heterocycles. The van der Waals surface area contributed by atoms with E-state index in [0.29, 0.717) is 5.56 Å². The lowest BCUT2D eigenvalue weighted by molar-refractivity contribution is -0.130. The van der Waals surface area contributed by atoms with Crippen LogP contribution in [0.4, 0.5) is 0 Å². The van der Waals surface area contributed by atoms with Crippen LogP contribution in [0, 0.1) is 0 Å². The molecule has 0 bridgehead atoms. The van der Waals surface area contributed by atoms with Crippen molar-refractivity contribution in [2.75, 3.05) is 26.2 Å². The third kappa shape index (κ3) is 4.64. The molecule has 0 unspecified atom stereocenters. The van der Waals surface area contributed by atoms with Crippen molar-refractivity contribution in [3.05, 3.63) is 70.2 Å². The van der Waals surface area contributed by atoms with Crippen LogP contribution >= 0.6 is 15.9 Å². The highest BCUT2D eigenvalue weighted by Gasteiger charge is 2.20. The predicted octanol–water partition coefficient (Wildman–Crippen LogP) is 3.34. The topological polar surface area (TPSA) is 32.8 Å². The molecule has 1 saturated heterocycles. The van der Waals surface area contributed by atoms with Gasteiger partial charge in [0.2, 0.25) is 0 Å². The number of benzene rings is 2. The van der Waals surface area contributed by atoms with Crippen LogP contribution in [0.5, 0.6) is 0 Å². The minimum Gasteiger partial charge on any atom is -0.364 e. The molecule has 0 spiro atoms. The Morgan fingerprint density at radius 2 is 1.74 bits per heavy atom. The molecule has 0 N–H and O–H groups in total. The summed E-state index contributed by atoms with van der Waals surface area (Å²) in [7, 11) is 0. The molecule has 0 amide bonds. The van der Waals surface area contributed by atoms with Crippen molar-refractivity contribution >= 4 is 21.9 Å². The molecule has 120 valence electrons. The smallest absolute Gasteiger partial charge is 0.357 e. The van der Waals surface area contributed by atoms with Gasteiger partial charge in [0, 0.05) is 37.2 Å². The van der Waals surface area contributed by atoms with E-state index >= 15 is 0 Å². The fourth-order valence-corrected chi connectivity index (χ4v) is 3.06. The zero-order chi connectivity index (χ0) is 16.1. The second-order valence-electron chi connectivity index (χ2n) is 5.58. The fourth-order valence-electron chi connectivity index (χ4n) is 2.62. The molecule has 2 aromatic carbocycles. The van der Waals surface area contributed by atoms with Crippen LogP contribution in [-0.2, 0) is 11.4 Å². The standard InChI is InChI=1S/C18H19BrN2O2/c19-17-8-4-5-15(13-17)14-20-9-11-21(12-10-20)23-18(22)16-6-2-1-3-7-16/h1-8,13H,9-12,14H2. The first-order chi connectivity index (χ1) is 11.2. The molecule has 0 saturated carbocycles. The number of hydrogen-bond donors (Lipinski definition) is 0. The number of halogens is 1. The van der Waals surface area contributed by atoms with E-state index in [-0.39, 0.29) is 5.97 Å². The molecule has 1 aliphatic rings. The van der Waals surface area contributed by atoms with Crippen LogP contribution < -0.4 is 0 Å². The van der Waals surface area contributed by atoms with Crippen molar-refractivity contribution in [3.8, 4) is 0 Å². The SMILES string of the molecule is O=C(ON1CCN(Cc2cccc(Br)c2)CC1)c1ccccc1. The number of piperazine rings is 1. The molecule has 4 nitrogen and oxygen atoms in total. The molecule has 1 fully saturated rings. The molecule has 1 aliphatic heterocycles. The van der Waals surface area contributed by atoms with Gasteiger partial charge >= 0.3 is 5.97 Å². The monoisotopic (exact) mass is 374 g/mol. The van der Waals surface area contributed by atoms with Gasteiger partial charge in [-0.05, 0) is 29.8 Å². The maximum atomic E-state index is 12.0. The summed E-state index contributed by atoms with van der Waals surface area (Å²) in [5.74, 6) is -0.286. The van der Waals surface area contributed by atoms with Crippen molar-refractivity contribution in [1.82, 2.24) is 9.96 Å². The Labute approximate surface area is 144 Å². The third-order valence-corrected chi connectivity index (χ3v) is 4.34. The van der Waals surface area contributed by atoms with Crippen molar-refractivity contribution in [2.45, 2.75) is 6.54 Å². The van der Waals surface area contributed by atoms with Crippen LogP contribution in [0.25, 0.3) is 0 Å². The molecular formula is C18H19BrN2O2. The molecule has 1 heterocycles. The Kier molecular flexibility index (Phi) is 5.43. The summed E-state index contributed by atoms with van der Waals surface area (Å²) in [6, 6.07) is 17.5. The summed E-state index contributed by atoms with van der Waals surface area (Å²) in [6.45, 7) is 4.14. The van der Waals surface area contributed by atoms with E-state index in [4.69, 9.17) is 4.84 Å². The lowest BCUT2D eigenvalue weighted by Gasteiger charge is -2.33. The number of rotatable bonds is 4. The van der Waals surface area contributed by atoms with Gasteiger partial charge in [-0.2, -0.15) is 0 Å². The van der Waals surface area contributed by atoms with Crippen molar-refractivity contribution < 1.29 is 9.63 Å². The van der Waals surface area contributed by atoms with Crippen molar-refractivity contribution in [3.63, 3.8) is 0 Å². The number of carbonyl (C=O) groups excluding carboxylic acids is 1. The van der Waals surface area contributed by atoms with Crippen LogP contribution in [0.15, 0.2) is 59.1 Å². The first-order valence-corrected chi connectivity index (χ1v) is 8.49. The van der Waals surface area contributed by atoms with E-state index in [9.17, 15) is 4.79 Å². The van der Waals surface area contributed by atoms with Crippen LogP contribution in [-0.4, -0.2) is 42.1 Å². The van der Waals surface area contributed by atoms with Gasteiger partial charge in [0.15, 0.2) is 0 Å². The Morgan fingerprint density at radius 3 is 2.43 bits per heavy atom. The van der Waals surface area contributed by atoms with Crippen molar-refractivity contribution in [2.24, 2.45) is 0 Å². The molecular weight excluding hydrogens is 356 g/mol. The van der Waals surface area contributed by atoms with Gasteiger partial charge in [0.25, 0.3) is 0 Å². The van der Waals surface area contributed by atoms with Gasteiger partial charge < -0.3 is 4.84 Å². The lowest BCUT2D eigenvalue weighted by Crippen LogP contribution is -2.46. The molecule has 0 atom stereocenters. The first kappa shape index (κ1) is 16.2. The first-order valence-electron chi connectivity index (χ1n) is 7.70. The second-order valence-corrected chi connectivity index (χ2v) is 6.50. The minimum atomic E-state index is -0.286. The summed E-state index contributed by atoms with van der Waals surface area (Å²) in [5.41, 5.74) is 1.87. The highest BCUT2D eigenvalue weighted by molar-refractivity contribution is 9.10. The predicted molar refractivity (Wildman–Crippen MR) is 92.8 cm³/mol. The third-order valence-electron chi connectivity index (χ3n) is 3.85. The highest BCUT2D eigenvalue weighted by atomic mass is 79.9. The highest BCUT2D eigenvalue weighted by Crippen LogP contribution is 2.15. The van der Waals surface area contributed by atoms with E-state index in [2.05, 4.69) is 39.0 Å². The van der Waals surface area contributed by atoms with E-state index in [1.807, 2.05) is 24.3 Å². The van der Waals surface area contributed by atoms with Crippen LogP contribution in [0.1, 0.15) is 15.9 Å². The zero-order valence-electron chi connectivity index (χ0n) is 12.8. The maximum absolute atomic E-state index is 12.0. The minimum absolute atomic E-state index is 0.286. The summed E-state index contributed by atoms with van der Waals surface area (Å²) in [5, 5.41) is 1.76. The van der Waals surface area contributed by atoms with E-state index < -0.39 is 0 Å². The summed E-state index contributed by atoms with van der Waals surface area (Å²) >= 11 is 3.50. The average Bonchev–Trinajstić information content (AvgIpc) is 2.57. The molecule has 0 radical (unpaired) electrons. The van der Waals surface area contributed by atoms with Gasteiger partial charge in [0.1, 0.15) is 0 Å². The second kappa shape index (κ2) is 7.73. The average molecular weight is 375 g/mol. The molecule has 2 aromatic rings. The number of hydrogen-bond acceptors (Lipinski definition) is 4. The van der Waals surface area contributed by atoms with E-state index in [1.165, 1.54) is 5.56 Å². The van der Waals surface area contributed by atoms with Gasteiger partial charge in [-0.3, -0.25) is 4.90 Å². The van der Waals surface area contributed by atoms with E-state index in [0.717, 1.165) is 37.2 Å². The Morgan fingerprint density at radius 1 is 1.00 bits per heavy atom. The summed E-state index contributed by atoms with van der Waals surface area (Å²) < 4.78 is 1.10. The zero-order valence-corrected chi connectivity index (χ0v) is 14.4. The number of hydroxylamine groups is 2. The number of nitrogens with zero attached hydrogens (tertiary/aromatic N) is 2. The summed E-state index contributed by atoms with van der Waals surface area (Å²) in [4.78, 5) is 19.9. The number of carbonyl (C=O) groups is 1. The molecule has 23 heavy (non-hydrogen) atoms. The van der Waals surface area contributed by atoms with Gasteiger partial charge in [0.05, 0.1) is 5.56 Å². The van der Waals surface area contributed by atoms with Crippen LogP contribution in [0.2, 0.25) is 0 Å². The fraction of sp³-hybridized carbons (Fsp3) is 0.278. The molecule has 0 aliphatic carbocycles. The quantitative estimate of drug-likeness (QED) is 0.821. The maximum Gasteiger partial charge on any atom is 0.357 e. The molecule has 3 rings (SSSR count). The normalized spacial score (nSPS) is 16.2. The Hall–Kier alpha value is -1.69. The Bertz CT molecular complexity index is 655. The van der Waals surface area contributed by atoms with Gasteiger partial charge in [-0.25, -0.2) is 4.79 Å². The largest absolute Gasteiger partial charge is 0.364 e. The van der Waals surface area contributed by atoms with Crippen molar-refractivity contribution in [1.29, 1.82) is 0 Å². The molecule has 5 heteroatoms. The van der Waals surface area contributed by atoms with E-state index in [1.54, 1.807) is 17.2 Å². The lowest BCUT2D eigenvalue weighted by atomic mass is 10.2.